The Bertz CT molecular complexity index is 1160. The first kappa shape index (κ1) is 23.4. The zero-order chi connectivity index (χ0) is 24.0. The van der Waals surface area contributed by atoms with Crippen LogP contribution in [0.4, 0.5) is 0 Å². The summed E-state index contributed by atoms with van der Waals surface area (Å²) in [6, 6.07) is 16.6. The van der Waals surface area contributed by atoms with E-state index >= 15 is 0 Å². The van der Waals surface area contributed by atoms with Crippen LogP contribution in [-0.4, -0.2) is 5.91 Å². The molecule has 0 fully saturated rings. The number of rotatable bonds is 5. The molecule has 174 valence electrons. The minimum atomic E-state index is -0.181. The van der Waals surface area contributed by atoms with Gasteiger partial charge in [-0.3, -0.25) is 4.79 Å². The topological polar surface area (TPSA) is 42.2 Å². The Balaban J connectivity index is 1.52. The van der Waals surface area contributed by atoms with Gasteiger partial charge in [0, 0.05) is 6.42 Å². The van der Waals surface area contributed by atoms with Gasteiger partial charge in [-0.25, -0.2) is 0 Å². The average Bonchev–Trinajstić information content (AvgIpc) is 3.22. The molecular formula is C30H37NO2. The Labute approximate surface area is 198 Å². The third kappa shape index (κ3) is 4.78. The normalized spacial score (nSPS) is 17.3. The van der Waals surface area contributed by atoms with E-state index in [1.165, 1.54) is 40.7 Å². The van der Waals surface area contributed by atoms with E-state index in [0.717, 1.165) is 11.3 Å². The second kappa shape index (κ2) is 8.52. The number of hydrogen-bond donors (Lipinski definition) is 1. The van der Waals surface area contributed by atoms with Gasteiger partial charge >= 0.3 is 0 Å². The van der Waals surface area contributed by atoms with Crippen molar-refractivity contribution in [3.63, 3.8) is 0 Å². The maximum Gasteiger partial charge on any atom is 0.287 e. The van der Waals surface area contributed by atoms with E-state index in [1.54, 1.807) is 6.07 Å². The Morgan fingerprint density at radius 1 is 0.939 bits per heavy atom. The van der Waals surface area contributed by atoms with E-state index in [-0.39, 0.29) is 22.8 Å². The summed E-state index contributed by atoms with van der Waals surface area (Å²) < 4.78 is 5.99. The van der Waals surface area contributed by atoms with Crippen LogP contribution in [0.5, 0.6) is 0 Å². The molecule has 0 saturated heterocycles. The number of carbonyl (C=O) groups is 1. The lowest BCUT2D eigenvalue weighted by molar-refractivity contribution is 0.0910. The van der Waals surface area contributed by atoms with Crippen molar-refractivity contribution in [1.29, 1.82) is 0 Å². The van der Waals surface area contributed by atoms with Crippen molar-refractivity contribution in [2.24, 2.45) is 0 Å². The van der Waals surface area contributed by atoms with Crippen LogP contribution in [0.15, 0.2) is 52.9 Å². The van der Waals surface area contributed by atoms with Gasteiger partial charge in [-0.2, -0.15) is 0 Å². The smallest absolute Gasteiger partial charge is 0.287 e. The highest BCUT2D eigenvalue weighted by molar-refractivity contribution is 5.91. The van der Waals surface area contributed by atoms with E-state index in [9.17, 15) is 4.79 Å². The Morgan fingerprint density at radius 3 is 2.18 bits per heavy atom. The largest absolute Gasteiger partial charge is 0.456 e. The van der Waals surface area contributed by atoms with Gasteiger partial charge in [0.1, 0.15) is 5.76 Å². The summed E-state index contributed by atoms with van der Waals surface area (Å²) in [5, 5.41) is 3.05. The van der Waals surface area contributed by atoms with Crippen LogP contribution < -0.4 is 5.32 Å². The van der Waals surface area contributed by atoms with E-state index in [4.69, 9.17) is 4.42 Å². The lowest BCUT2D eigenvalue weighted by Gasteiger charge is -2.42. The molecule has 0 aliphatic heterocycles. The molecule has 0 saturated carbocycles. The van der Waals surface area contributed by atoms with E-state index < -0.39 is 0 Å². The van der Waals surface area contributed by atoms with Gasteiger partial charge in [0.05, 0.1) is 6.04 Å². The molecule has 3 nitrogen and oxygen atoms in total. The minimum Gasteiger partial charge on any atom is -0.456 e. The third-order valence-electron chi connectivity index (χ3n) is 7.48. The number of benzene rings is 2. The number of fused-ring (bicyclic) bond motifs is 1. The summed E-state index contributed by atoms with van der Waals surface area (Å²) in [5.74, 6) is 1.000. The minimum absolute atomic E-state index is 0.0832. The SMILES string of the molecule is Cc1ccc([C@H](C)NC(=O)c2ccc(Cc3cc4c(cc3C)C(C)(C)CCC4(C)C)o2)cc1. The van der Waals surface area contributed by atoms with Crippen molar-refractivity contribution in [3.8, 4) is 0 Å². The highest BCUT2D eigenvalue weighted by Crippen LogP contribution is 2.46. The monoisotopic (exact) mass is 443 g/mol. The highest BCUT2D eigenvalue weighted by atomic mass is 16.3. The predicted molar refractivity (Wildman–Crippen MR) is 135 cm³/mol. The van der Waals surface area contributed by atoms with Crippen molar-refractivity contribution >= 4 is 5.91 Å². The van der Waals surface area contributed by atoms with Gasteiger partial charge < -0.3 is 9.73 Å². The standard InChI is InChI=1S/C30H37NO2/c1-19-8-10-22(11-9-19)21(3)31-28(32)27-13-12-24(33-27)17-23-18-26-25(16-20(23)2)29(4,5)14-15-30(26,6)7/h8-13,16,18,21H,14-15,17H2,1-7H3,(H,31,32)/t21-/m0/s1. The van der Waals surface area contributed by atoms with Crippen molar-refractivity contribution in [3.05, 3.63) is 93.4 Å². The number of nitrogens with one attached hydrogen (secondary N) is 1. The quantitative estimate of drug-likeness (QED) is 0.449. The fraction of sp³-hybridized carbons (Fsp3) is 0.433. The Hall–Kier alpha value is -2.81. The number of carbonyl (C=O) groups excluding carboxylic acids is 1. The van der Waals surface area contributed by atoms with E-state index in [2.05, 4.69) is 83.3 Å². The Kier molecular flexibility index (Phi) is 6.03. The summed E-state index contributed by atoms with van der Waals surface area (Å²) >= 11 is 0. The van der Waals surface area contributed by atoms with E-state index in [0.29, 0.717) is 12.2 Å². The van der Waals surface area contributed by atoms with Crippen LogP contribution in [0.3, 0.4) is 0 Å². The van der Waals surface area contributed by atoms with Crippen LogP contribution in [0.25, 0.3) is 0 Å². The summed E-state index contributed by atoms with van der Waals surface area (Å²) in [7, 11) is 0. The molecule has 1 aromatic heterocycles. The predicted octanol–water partition coefficient (Wildman–Crippen LogP) is 7.33. The molecule has 1 aliphatic rings. The molecular weight excluding hydrogens is 406 g/mol. The van der Waals surface area contributed by atoms with Gasteiger partial charge in [-0.05, 0) is 84.4 Å². The van der Waals surface area contributed by atoms with Crippen molar-refractivity contribution in [2.45, 2.75) is 84.6 Å². The van der Waals surface area contributed by atoms with Crippen LogP contribution in [-0.2, 0) is 17.3 Å². The second-order valence-electron chi connectivity index (χ2n) is 11.1. The average molecular weight is 444 g/mol. The molecule has 2 aromatic carbocycles. The summed E-state index contributed by atoms with van der Waals surface area (Å²) in [5.41, 5.74) is 8.16. The molecule has 4 rings (SSSR count). The van der Waals surface area contributed by atoms with E-state index in [1.807, 2.05) is 13.0 Å². The first-order valence-corrected chi connectivity index (χ1v) is 12.1. The lowest BCUT2D eigenvalue weighted by atomic mass is 9.62. The molecule has 1 aliphatic carbocycles. The number of aryl methyl sites for hydroxylation is 2. The molecule has 0 bridgehead atoms. The first-order valence-electron chi connectivity index (χ1n) is 12.1. The molecule has 0 spiro atoms. The fourth-order valence-electron chi connectivity index (χ4n) is 4.95. The van der Waals surface area contributed by atoms with Crippen LogP contribution in [0, 0.1) is 13.8 Å². The molecule has 1 N–H and O–H groups in total. The lowest BCUT2D eigenvalue weighted by Crippen LogP contribution is -2.34. The van der Waals surface area contributed by atoms with Gasteiger partial charge in [0.15, 0.2) is 5.76 Å². The second-order valence-corrected chi connectivity index (χ2v) is 11.1. The summed E-state index contributed by atoms with van der Waals surface area (Å²) in [4.78, 5) is 12.8. The van der Waals surface area contributed by atoms with Crippen LogP contribution in [0.1, 0.15) is 103 Å². The zero-order valence-electron chi connectivity index (χ0n) is 21.1. The van der Waals surface area contributed by atoms with Crippen LogP contribution in [0.2, 0.25) is 0 Å². The molecule has 1 heterocycles. The summed E-state index contributed by atoms with van der Waals surface area (Å²) in [6.45, 7) is 15.7. The Morgan fingerprint density at radius 2 is 1.55 bits per heavy atom. The highest BCUT2D eigenvalue weighted by Gasteiger charge is 2.37. The van der Waals surface area contributed by atoms with Gasteiger partial charge in [-0.15, -0.1) is 0 Å². The van der Waals surface area contributed by atoms with Crippen LogP contribution >= 0.6 is 0 Å². The molecule has 0 unspecified atom stereocenters. The first-order chi connectivity index (χ1) is 15.5. The summed E-state index contributed by atoms with van der Waals surface area (Å²) in [6.07, 6.45) is 3.10. The molecule has 3 aromatic rings. The maximum atomic E-state index is 12.8. The van der Waals surface area contributed by atoms with Gasteiger partial charge in [0.25, 0.3) is 5.91 Å². The van der Waals surface area contributed by atoms with Gasteiger partial charge in [0.2, 0.25) is 0 Å². The van der Waals surface area contributed by atoms with Gasteiger partial charge in [-0.1, -0.05) is 69.7 Å². The molecule has 33 heavy (non-hydrogen) atoms. The molecule has 0 radical (unpaired) electrons. The fourth-order valence-corrected chi connectivity index (χ4v) is 4.95. The van der Waals surface area contributed by atoms with Crippen molar-refractivity contribution < 1.29 is 9.21 Å². The van der Waals surface area contributed by atoms with Crippen molar-refractivity contribution in [1.82, 2.24) is 5.32 Å². The number of amides is 1. The third-order valence-corrected chi connectivity index (χ3v) is 7.48. The molecule has 1 atom stereocenters. The van der Waals surface area contributed by atoms with Crippen molar-refractivity contribution in [2.75, 3.05) is 0 Å². The zero-order valence-corrected chi connectivity index (χ0v) is 21.1. The molecule has 1 amide bonds. The molecule has 3 heteroatoms. The number of furan rings is 1. The number of hydrogen-bond acceptors (Lipinski definition) is 2. The maximum absolute atomic E-state index is 12.8.